The van der Waals surface area contributed by atoms with Gasteiger partial charge in [0.25, 0.3) is 11.6 Å². The van der Waals surface area contributed by atoms with Crippen molar-refractivity contribution < 1.29 is 19.0 Å². The number of nitro benzene ring substituents is 1. The lowest BCUT2D eigenvalue weighted by molar-refractivity contribution is -0.385. The average Bonchev–Trinajstić information content (AvgIpc) is 2.96. The van der Waals surface area contributed by atoms with Crippen LogP contribution in [0.25, 0.3) is 0 Å². The predicted molar refractivity (Wildman–Crippen MR) is 93.9 cm³/mol. The number of aromatic nitrogens is 1. The molecule has 1 aromatic carbocycles. The summed E-state index contributed by atoms with van der Waals surface area (Å²) in [7, 11) is 0. The molecule has 0 aliphatic heterocycles. The van der Waals surface area contributed by atoms with Gasteiger partial charge in [0.05, 0.1) is 4.92 Å². The van der Waals surface area contributed by atoms with Gasteiger partial charge in [-0.25, -0.2) is 0 Å². The summed E-state index contributed by atoms with van der Waals surface area (Å²) in [6.45, 7) is 6.59. The lowest BCUT2D eigenvalue weighted by atomic mass is 10.1. The second kappa shape index (κ2) is 7.77. The fourth-order valence-electron chi connectivity index (χ4n) is 2.36. The summed E-state index contributed by atoms with van der Waals surface area (Å²) in [5.41, 5.74) is 0.477. The number of nitrogens with zero attached hydrogens (tertiary/aromatic N) is 3. The quantitative estimate of drug-likeness (QED) is 0.625. The molecule has 9 nitrogen and oxygen atoms in total. The number of amides is 2. The Kier molecular flexibility index (Phi) is 5.71. The number of hydrogen-bond acceptors (Lipinski definition) is 6. The number of rotatable bonds is 6. The van der Waals surface area contributed by atoms with E-state index in [9.17, 15) is 19.7 Å². The molecule has 9 heteroatoms. The molecule has 0 aliphatic carbocycles. The Morgan fingerprint density at radius 2 is 2.00 bits per heavy atom. The maximum atomic E-state index is 12.8. The van der Waals surface area contributed by atoms with Crippen LogP contribution >= 0.6 is 0 Å². The molecule has 0 aliphatic rings. The largest absolute Gasteiger partial charge is 0.360 e. The van der Waals surface area contributed by atoms with Crippen molar-refractivity contribution in [3.05, 3.63) is 51.3 Å². The number of aryl methyl sites for hydroxylation is 2. The molecule has 1 heterocycles. The van der Waals surface area contributed by atoms with E-state index >= 15 is 0 Å². The topological polar surface area (TPSA) is 119 Å². The molecule has 26 heavy (non-hydrogen) atoms. The van der Waals surface area contributed by atoms with Gasteiger partial charge >= 0.3 is 0 Å². The van der Waals surface area contributed by atoms with Gasteiger partial charge in [0.1, 0.15) is 12.3 Å². The first-order valence-corrected chi connectivity index (χ1v) is 7.98. The van der Waals surface area contributed by atoms with Gasteiger partial charge in [-0.1, -0.05) is 11.2 Å². The predicted octanol–water partition coefficient (Wildman–Crippen LogP) is 2.69. The van der Waals surface area contributed by atoms with Crippen molar-refractivity contribution in [2.45, 2.75) is 33.7 Å². The second-order valence-corrected chi connectivity index (χ2v) is 6.16. The zero-order chi connectivity index (χ0) is 19.4. The van der Waals surface area contributed by atoms with Crippen molar-refractivity contribution in [1.29, 1.82) is 0 Å². The van der Waals surface area contributed by atoms with E-state index in [1.165, 1.54) is 23.1 Å². The lowest BCUT2D eigenvalue weighted by Gasteiger charge is -2.26. The molecule has 0 fully saturated rings. The fraction of sp³-hybridized carbons (Fsp3) is 0.353. The minimum Gasteiger partial charge on any atom is -0.360 e. The summed E-state index contributed by atoms with van der Waals surface area (Å²) < 4.78 is 4.87. The van der Waals surface area contributed by atoms with Crippen LogP contribution in [0.5, 0.6) is 0 Å². The van der Waals surface area contributed by atoms with Gasteiger partial charge in [-0.15, -0.1) is 0 Å². The van der Waals surface area contributed by atoms with Crippen LogP contribution in [0.15, 0.2) is 28.8 Å². The van der Waals surface area contributed by atoms with Gasteiger partial charge in [0.2, 0.25) is 5.91 Å². The van der Waals surface area contributed by atoms with E-state index in [-0.39, 0.29) is 29.7 Å². The molecule has 0 bridgehead atoms. The number of hydrogen-bond donors (Lipinski definition) is 1. The molecule has 0 saturated carbocycles. The standard InChI is InChI=1S/C17H20N4O5/c1-10(2)20(9-16(22)18-15-7-12(4)26-19-15)17(23)13-6-5-11(3)14(8-13)21(24)25/h5-8,10H,9H2,1-4H3,(H,18,19,22). The van der Waals surface area contributed by atoms with Crippen LogP contribution in [0.3, 0.4) is 0 Å². The van der Waals surface area contributed by atoms with E-state index in [1.54, 1.807) is 33.8 Å². The monoisotopic (exact) mass is 360 g/mol. The van der Waals surface area contributed by atoms with Crippen molar-refractivity contribution in [3.8, 4) is 0 Å². The zero-order valence-corrected chi connectivity index (χ0v) is 15.0. The summed E-state index contributed by atoms with van der Waals surface area (Å²) >= 11 is 0. The van der Waals surface area contributed by atoms with Crippen LogP contribution in [-0.2, 0) is 4.79 Å². The number of carbonyl (C=O) groups excluding carboxylic acids is 2. The Labute approximate surface area is 150 Å². The number of nitro groups is 1. The molecule has 1 N–H and O–H groups in total. The summed E-state index contributed by atoms with van der Waals surface area (Å²) in [5.74, 6) is -0.102. The van der Waals surface area contributed by atoms with Crippen LogP contribution in [0.2, 0.25) is 0 Å². The van der Waals surface area contributed by atoms with Crippen molar-refractivity contribution >= 4 is 23.3 Å². The van der Waals surface area contributed by atoms with E-state index in [1.807, 2.05) is 0 Å². The highest BCUT2D eigenvalue weighted by Crippen LogP contribution is 2.21. The molecule has 0 saturated heterocycles. The third-order valence-electron chi connectivity index (χ3n) is 3.75. The summed E-state index contributed by atoms with van der Waals surface area (Å²) in [6.07, 6.45) is 0. The highest BCUT2D eigenvalue weighted by molar-refractivity contribution is 5.99. The van der Waals surface area contributed by atoms with E-state index in [2.05, 4.69) is 10.5 Å². The van der Waals surface area contributed by atoms with Crippen molar-refractivity contribution in [1.82, 2.24) is 10.1 Å². The first-order chi connectivity index (χ1) is 12.2. The van der Waals surface area contributed by atoms with E-state index in [0.29, 0.717) is 11.3 Å². The second-order valence-electron chi connectivity index (χ2n) is 6.16. The summed E-state index contributed by atoms with van der Waals surface area (Å²) in [4.78, 5) is 36.8. The van der Waals surface area contributed by atoms with E-state index < -0.39 is 16.7 Å². The van der Waals surface area contributed by atoms with Crippen LogP contribution in [0.4, 0.5) is 11.5 Å². The Bertz CT molecular complexity index is 843. The molecular formula is C17H20N4O5. The highest BCUT2D eigenvalue weighted by Gasteiger charge is 2.24. The minimum absolute atomic E-state index is 0.137. The molecule has 2 amide bonds. The average molecular weight is 360 g/mol. The van der Waals surface area contributed by atoms with Gasteiger partial charge in [0.15, 0.2) is 5.82 Å². The highest BCUT2D eigenvalue weighted by atomic mass is 16.6. The van der Waals surface area contributed by atoms with Crippen molar-refractivity contribution in [2.75, 3.05) is 11.9 Å². The minimum atomic E-state index is -0.536. The molecule has 138 valence electrons. The Morgan fingerprint density at radius 3 is 2.54 bits per heavy atom. The van der Waals surface area contributed by atoms with Gasteiger partial charge in [-0.3, -0.25) is 19.7 Å². The Morgan fingerprint density at radius 1 is 1.31 bits per heavy atom. The maximum Gasteiger partial charge on any atom is 0.273 e. The van der Waals surface area contributed by atoms with Crippen LogP contribution < -0.4 is 5.32 Å². The fourth-order valence-corrected chi connectivity index (χ4v) is 2.36. The number of anilines is 1. The number of benzene rings is 1. The first kappa shape index (κ1) is 19.1. The third-order valence-corrected chi connectivity index (χ3v) is 3.75. The van der Waals surface area contributed by atoms with E-state index in [0.717, 1.165) is 0 Å². The lowest BCUT2D eigenvalue weighted by Crippen LogP contribution is -2.42. The summed E-state index contributed by atoms with van der Waals surface area (Å²) in [6, 6.07) is 5.53. The third kappa shape index (κ3) is 4.44. The van der Waals surface area contributed by atoms with Gasteiger partial charge < -0.3 is 14.7 Å². The molecular weight excluding hydrogens is 340 g/mol. The molecule has 0 radical (unpaired) electrons. The smallest absolute Gasteiger partial charge is 0.273 e. The van der Waals surface area contributed by atoms with E-state index in [4.69, 9.17) is 4.52 Å². The Hall–Kier alpha value is -3.23. The molecule has 0 unspecified atom stereocenters. The van der Waals surface area contributed by atoms with Crippen LogP contribution in [0, 0.1) is 24.0 Å². The number of nitrogens with one attached hydrogen (secondary N) is 1. The molecule has 2 aromatic rings. The molecule has 2 rings (SSSR count). The molecule has 1 aromatic heterocycles. The maximum absolute atomic E-state index is 12.8. The summed E-state index contributed by atoms with van der Waals surface area (Å²) in [5, 5.41) is 17.3. The van der Waals surface area contributed by atoms with Gasteiger partial charge in [-0.05, 0) is 33.8 Å². The Balaban J connectivity index is 2.18. The van der Waals surface area contributed by atoms with Gasteiger partial charge in [-0.2, -0.15) is 0 Å². The molecule has 0 spiro atoms. The SMILES string of the molecule is Cc1cc(NC(=O)CN(C(=O)c2ccc(C)c([N+](=O)[O-])c2)C(C)C)no1. The normalized spacial score (nSPS) is 10.7. The number of carbonyl (C=O) groups is 2. The van der Waals surface area contributed by atoms with Crippen molar-refractivity contribution in [3.63, 3.8) is 0 Å². The van der Waals surface area contributed by atoms with Crippen molar-refractivity contribution in [2.24, 2.45) is 0 Å². The van der Waals surface area contributed by atoms with Gasteiger partial charge in [0, 0.05) is 29.3 Å². The van der Waals surface area contributed by atoms with Crippen LogP contribution in [0.1, 0.15) is 35.5 Å². The van der Waals surface area contributed by atoms with Crippen LogP contribution in [-0.4, -0.2) is 39.4 Å². The molecule has 0 atom stereocenters. The zero-order valence-electron chi connectivity index (χ0n) is 15.0. The first-order valence-electron chi connectivity index (χ1n) is 7.98.